The normalized spacial score (nSPS) is 8.90. The van der Waals surface area contributed by atoms with Crippen LogP contribution in [0.1, 0.15) is 5.69 Å². The summed E-state index contributed by atoms with van der Waals surface area (Å²) in [6.07, 6.45) is 5.10. The average molecular weight is 216 g/mol. The van der Waals surface area contributed by atoms with Crippen LogP contribution in [0.5, 0.6) is 0 Å². The Kier molecular flexibility index (Phi) is 2.31. The molecule has 0 aromatic carbocycles. The topological polar surface area (TPSA) is 12.9 Å². The van der Waals surface area contributed by atoms with Crippen LogP contribution in [-0.4, -0.2) is 4.98 Å². The fourth-order valence-corrected chi connectivity index (χ4v) is 0.989. The van der Waals surface area contributed by atoms with Gasteiger partial charge in [-0.2, -0.15) is 0 Å². The molecule has 0 atom stereocenters. The second kappa shape index (κ2) is 3.05. The molecule has 1 nitrogen and oxygen atoms in total. The van der Waals surface area contributed by atoms with E-state index < -0.39 is 0 Å². The van der Waals surface area contributed by atoms with E-state index in [1.54, 1.807) is 12.1 Å². The van der Waals surface area contributed by atoms with E-state index in [9.17, 15) is 0 Å². The molecule has 0 aliphatic carbocycles. The molecule has 0 amide bonds. The van der Waals surface area contributed by atoms with Gasteiger partial charge in [0.15, 0.2) is 0 Å². The number of hydrogen-bond donors (Lipinski definition) is 0. The first kappa shape index (κ1) is 7.59. The Bertz CT molecular complexity index is 290. The number of nitrogens with zero attached hydrogens (tertiary/aromatic N) is 1. The maximum atomic E-state index is 5.67. The zero-order valence-corrected chi connectivity index (χ0v) is 7.28. The second-order valence-corrected chi connectivity index (χ2v) is 2.83. The van der Waals surface area contributed by atoms with Crippen LogP contribution in [-0.2, 0) is 0 Å². The Morgan fingerprint density at radius 3 is 2.80 bits per heavy atom. The van der Waals surface area contributed by atoms with Crippen LogP contribution in [0.2, 0.25) is 5.02 Å². The molecule has 1 aromatic rings. The lowest BCUT2D eigenvalue weighted by molar-refractivity contribution is 1.24. The SMILES string of the molecule is C#Cc1nc(Br)ccc1Cl. The van der Waals surface area contributed by atoms with Gasteiger partial charge in [-0.3, -0.25) is 0 Å². The second-order valence-electron chi connectivity index (χ2n) is 1.61. The molecular formula is C7H3BrClN. The van der Waals surface area contributed by atoms with E-state index in [1.165, 1.54) is 0 Å². The average Bonchev–Trinajstić information content (AvgIpc) is 1.94. The number of aromatic nitrogens is 1. The maximum absolute atomic E-state index is 5.67. The van der Waals surface area contributed by atoms with Crippen molar-refractivity contribution in [3.8, 4) is 12.3 Å². The summed E-state index contributed by atoms with van der Waals surface area (Å²) in [6, 6.07) is 3.44. The van der Waals surface area contributed by atoms with Gasteiger partial charge in [0.2, 0.25) is 0 Å². The van der Waals surface area contributed by atoms with Crippen LogP contribution in [0.3, 0.4) is 0 Å². The van der Waals surface area contributed by atoms with E-state index in [-0.39, 0.29) is 0 Å². The molecule has 0 bridgehead atoms. The molecule has 1 aromatic heterocycles. The molecule has 1 rings (SSSR count). The summed E-state index contributed by atoms with van der Waals surface area (Å²) in [5.41, 5.74) is 0.469. The third-order valence-corrected chi connectivity index (χ3v) is 1.70. The van der Waals surface area contributed by atoms with Crippen LogP contribution < -0.4 is 0 Å². The quantitative estimate of drug-likeness (QED) is 0.480. The lowest BCUT2D eigenvalue weighted by Crippen LogP contribution is -1.83. The highest BCUT2D eigenvalue weighted by Gasteiger charge is 1.97. The highest BCUT2D eigenvalue weighted by atomic mass is 79.9. The molecule has 0 fully saturated rings. The van der Waals surface area contributed by atoms with Gasteiger partial charge >= 0.3 is 0 Å². The van der Waals surface area contributed by atoms with E-state index in [4.69, 9.17) is 18.0 Å². The summed E-state index contributed by atoms with van der Waals surface area (Å²) < 4.78 is 0.699. The van der Waals surface area contributed by atoms with Gasteiger partial charge in [-0.15, -0.1) is 6.42 Å². The number of pyridine rings is 1. The maximum Gasteiger partial charge on any atom is 0.132 e. The van der Waals surface area contributed by atoms with Crippen LogP contribution >= 0.6 is 27.5 Å². The zero-order chi connectivity index (χ0) is 7.56. The van der Waals surface area contributed by atoms with Gasteiger partial charge in [0.1, 0.15) is 10.3 Å². The molecule has 0 aliphatic heterocycles. The minimum Gasteiger partial charge on any atom is -0.231 e. The summed E-state index contributed by atoms with van der Waals surface area (Å²) in [5.74, 6) is 2.36. The first-order chi connectivity index (χ1) is 4.74. The molecule has 3 heteroatoms. The molecule has 0 saturated heterocycles. The molecule has 0 unspecified atom stereocenters. The Hall–Kier alpha value is -0.520. The minimum absolute atomic E-state index is 0.469. The molecule has 0 N–H and O–H groups in total. The van der Waals surface area contributed by atoms with Gasteiger partial charge < -0.3 is 0 Å². The smallest absolute Gasteiger partial charge is 0.132 e. The van der Waals surface area contributed by atoms with Crippen molar-refractivity contribution < 1.29 is 0 Å². The fraction of sp³-hybridized carbons (Fsp3) is 0. The van der Waals surface area contributed by atoms with Crippen LogP contribution in [0.25, 0.3) is 0 Å². The minimum atomic E-state index is 0.469. The highest BCUT2D eigenvalue weighted by molar-refractivity contribution is 9.10. The summed E-state index contributed by atoms with van der Waals surface area (Å²) in [4.78, 5) is 3.94. The summed E-state index contributed by atoms with van der Waals surface area (Å²) in [6.45, 7) is 0. The van der Waals surface area contributed by atoms with Crippen LogP contribution in [0, 0.1) is 12.3 Å². The summed E-state index contributed by atoms with van der Waals surface area (Å²) in [5, 5.41) is 0.505. The van der Waals surface area contributed by atoms with Crippen molar-refractivity contribution in [2.45, 2.75) is 0 Å². The lowest BCUT2D eigenvalue weighted by Gasteiger charge is -1.93. The predicted molar refractivity (Wildman–Crippen MR) is 44.9 cm³/mol. The van der Waals surface area contributed by atoms with E-state index in [1.807, 2.05) is 0 Å². The van der Waals surface area contributed by atoms with Crippen LogP contribution in [0.15, 0.2) is 16.7 Å². The Morgan fingerprint density at radius 2 is 2.30 bits per heavy atom. The lowest BCUT2D eigenvalue weighted by atomic mass is 10.4. The first-order valence-corrected chi connectivity index (χ1v) is 3.70. The molecular weight excluding hydrogens is 213 g/mol. The van der Waals surface area contributed by atoms with Gasteiger partial charge in [0, 0.05) is 0 Å². The fourth-order valence-electron chi connectivity index (χ4n) is 0.520. The van der Waals surface area contributed by atoms with Crippen molar-refractivity contribution in [3.05, 3.63) is 27.5 Å². The Balaban J connectivity index is 3.25. The summed E-state index contributed by atoms with van der Waals surface area (Å²) >= 11 is 8.84. The monoisotopic (exact) mass is 215 g/mol. The van der Waals surface area contributed by atoms with E-state index in [2.05, 4.69) is 26.8 Å². The van der Waals surface area contributed by atoms with Gasteiger partial charge in [0.05, 0.1) is 5.02 Å². The van der Waals surface area contributed by atoms with Gasteiger partial charge in [0.25, 0.3) is 0 Å². The number of halogens is 2. The van der Waals surface area contributed by atoms with E-state index in [0.29, 0.717) is 15.3 Å². The van der Waals surface area contributed by atoms with Crippen molar-refractivity contribution in [1.82, 2.24) is 4.98 Å². The standard InChI is InChI=1S/C7H3BrClN/c1-2-6-5(9)3-4-7(8)10-6/h1,3-4H. The molecule has 50 valence electrons. The Morgan fingerprint density at radius 1 is 1.60 bits per heavy atom. The zero-order valence-electron chi connectivity index (χ0n) is 4.94. The molecule has 1 heterocycles. The van der Waals surface area contributed by atoms with Crippen molar-refractivity contribution >= 4 is 27.5 Å². The van der Waals surface area contributed by atoms with Gasteiger partial charge in [-0.25, -0.2) is 4.98 Å². The molecule has 0 saturated carbocycles. The predicted octanol–water partition coefficient (Wildman–Crippen LogP) is 2.48. The Labute approximate surface area is 72.6 Å². The largest absolute Gasteiger partial charge is 0.231 e. The van der Waals surface area contributed by atoms with Crippen molar-refractivity contribution in [1.29, 1.82) is 0 Å². The third kappa shape index (κ3) is 1.50. The van der Waals surface area contributed by atoms with Gasteiger partial charge in [-0.1, -0.05) is 11.6 Å². The third-order valence-electron chi connectivity index (χ3n) is 0.949. The number of hydrogen-bond acceptors (Lipinski definition) is 1. The molecule has 10 heavy (non-hydrogen) atoms. The van der Waals surface area contributed by atoms with Crippen molar-refractivity contribution in [3.63, 3.8) is 0 Å². The number of rotatable bonds is 0. The van der Waals surface area contributed by atoms with E-state index >= 15 is 0 Å². The highest BCUT2D eigenvalue weighted by Crippen LogP contribution is 2.15. The van der Waals surface area contributed by atoms with Crippen molar-refractivity contribution in [2.24, 2.45) is 0 Å². The summed E-state index contributed by atoms with van der Waals surface area (Å²) in [7, 11) is 0. The van der Waals surface area contributed by atoms with Crippen LogP contribution in [0.4, 0.5) is 0 Å². The number of terminal acetylenes is 1. The molecule has 0 spiro atoms. The first-order valence-electron chi connectivity index (χ1n) is 2.52. The van der Waals surface area contributed by atoms with Gasteiger partial charge in [-0.05, 0) is 34.0 Å². The van der Waals surface area contributed by atoms with E-state index in [0.717, 1.165) is 0 Å². The van der Waals surface area contributed by atoms with Crippen molar-refractivity contribution in [2.75, 3.05) is 0 Å². The molecule has 0 radical (unpaired) electrons. The molecule has 0 aliphatic rings.